The molecule has 8 nitrogen and oxygen atoms in total. The normalized spacial score (nSPS) is 26.0. The van der Waals surface area contributed by atoms with E-state index in [-0.39, 0.29) is 6.61 Å². The summed E-state index contributed by atoms with van der Waals surface area (Å²) in [6.07, 6.45) is 0.525. The van der Waals surface area contributed by atoms with Gasteiger partial charge in [0.25, 0.3) is 19.5 Å². The van der Waals surface area contributed by atoms with Gasteiger partial charge >= 0.3 is 17.9 Å². The van der Waals surface area contributed by atoms with E-state index in [2.05, 4.69) is 20.8 Å². The minimum atomic E-state index is -3.09. The number of carbonyl (C=O) groups is 3. The van der Waals surface area contributed by atoms with Gasteiger partial charge < -0.3 is 23.7 Å². The topological polar surface area (TPSA) is 108 Å². The van der Waals surface area contributed by atoms with Crippen molar-refractivity contribution < 1.29 is 38.1 Å². The molecule has 9 heteroatoms. The highest BCUT2D eigenvalue weighted by molar-refractivity contribution is 6.99. The Morgan fingerprint density at radius 3 is 2.00 bits per heavy atom. The van der Waals surface area contributed by atoms with Crippen LogP contribution in [0.5, 0.6) is 0 Å². The molecule has 1 N–H and O–H groups in total. The third kappa shape index (κ3) is 3.62. The number of benzene rings is 2. The zero-order valence-electron chi connectivity index (χ0n) is 20.0. The van der Waals surface area contributed by atoms with Crippen LogP contribution in [0.25, 0.3) is 0 Å². The summed E-state index contributed by atoms with van der Waals surface area (Å²) in [7, 11) is -2.02. The first-order chi connectivity index (χ1) is 16.5. The van der Waals surface area contributed by atoms with Crippen molar-refractivity contribution in [3.8, 4) is 0 Å². The lowest BCUT2D eigenvalue weighted by Gasteiger charge is -2.44. The molecule has 0 amide bonds. The number of rotatable bonds is 6. The summed E-state index contributed by atoms with van der Waals surface area (Å²) in [6, 6.07) is 19.5. The summed E-state index contributed by atoms with van der Waals surface area (Å²) in [5.74, 6) is -3.11. The Bertz CT molecular complexity index is 1120. The number of hydrogen-bond donors (Lipinski definition) is 1. The molecule has 0 bridgehead atoms. The third-order valence-electron chi connectivity index (χ3n) is 6.67. The standard InChI is InChI=1S/C26H28O8Si/c1-24(2,3)35(18-11-7-5-8-12-18,19-13-9-6-10-14-19)32-17-20-26(30,23(29)31-4)25(22(28)33-20)16-15-21(27)34-25/h5-16,20,30H,17H2,1-4H3/t20-,25-,26-/m1/s1. The Morgan fingerprint density at radius 2 is 1.57 bits per heavy atom. The average molecular weight is 497 g/mol. The lowest BCUT2D eigenvalue weighted by Crippen LogP contribution is -2.69. The molecule has 2 aromatic rings. The van der Waals surface area contributed by atoms with Gasteiger partial charge in [0.15, 0.2) is 6.10 Å². The van der Waals surface area contributed by atoms with Crippen molar-refractivity contribution in [3.05, 3.63) is 72.8 Å². The molecule has 1 spiro atoms. The van der Waals surface area contributed by atoms with Crippen molar-refractivity contribution in [2.24, 2.45) is 0 Å². The van der Waals surface area contributed by atoms with Crippen LogP contribution in [0.1, 0.15) is 20.8 Å². The van der Waals surface area contributed by atoms with Gasteiger partial charge in [-0.25, -0.2) is 14.4 Å². The van der Waals surface area contributed by atoms with Crippen LogP contribution in [0.2, 0.25) is 5.04 Å². The second kappa shape index (κ2) is 8.74. The highest BCUT2D eigenvalue weighted by Gasteiger charge is 2.76. The van der Waals surface area contributed by atoms with Gasteiger partial charge in [0.05, 0.1) is 13.7 Å². The Labute approximate surface area is 204 Å². The third-order valence-corrected chi connectivity index (χ3v) is 11.7. The first kappa shape index (κ1) is 24.8. The zero-order chi connectivity index (χ0) is 25.5. The van der Waals surface area contributed by atoms with Crippen LogP contribution in [-0.4, -0.2) is 62.4 Å². The van der Waals surface area contributed by atoms with Crippen LogP contribution in [-0.2, 0) is 33.0 Å². The van der Waals surface area contributed by atoms with E-state index < -0.39 is 48.6 Å². The maximum absolute atomic E-state index is 12.9. The predicted molar refractivity (Wildman–Crippen MR) is 128 cm³/mol. The van der Waals surface area contributed by atoms with Gasteiger partial charge in [0, 0.05) is 6.08 Å². The van der Waals surface area contributed by atoms with Gasteiger partial charge in [-0.3, -0.25) is 0 Å². The summed E-state index contributed by atoms with van der Waals surface area (Å²) in [4.78, 5) is 37.6. The molecule has 2 aromatic carbocycles. The molecule has 0 radical (unpaired) electrons. The number of cyclic esters (lactones) is 1. The minimum absolute atomic E-state index is 0.336. The average Bonchev–Trinajstić information content (AvgIpc) is 3.34. The van der Waals surface area contributed by atoms with Crippen LogP contribution in [0.15, 0.2) is 72.8 Å². The van der Waals surface area contributed by atoms with E-state index >= 15 is 0 Å². The van der Waals surface area contributed by atoms with Gasteiger partial charge in [-0.15, -0.1) is 0 Å². The Hall–Kier alpha value is -3.27. The van der Waals surface area contributed by atoms with Gasteiger partial charge in [-0.1, -0.05) is 81.4 Å². The van der Waals surface area contributed by atoms with E-state index in [4.69, 9.17) is 18.6 Å². The summed E-state index contributed by atoms with van der Waals surface area (Å²) in [5, 5.41) is 13.1. The predicted octanol–water partition coefficient (Wildman–Crippen LogP) is 1.24. The van der Waals surface area contributed by atoms with Crippen LogP contribution in [0.3, 0.4) is 0 Å². The Morgan fingerprint density at radius 1 is 1.03 bits per heavy atom. The van der Waals surface area contributed by atoms with Crippen molar-refractivity contribution in [1.29, 1.82) is 0 Å². The van der Waals surface area contributed by atoms with E-state index in [0.717, 1.165) is 29.6 Å². The van der Waals surface area contributed by atoms with Crippen molar-refractivity contribution in [3.63, 3.8) is 0 Å². The second-order valence-corrected chi connectivity index (χ2v) is 13.9. The van der Waals surface area contributed by atoms with E-state index in [0.29, 0.717) is 0 Å². The van der Waals surface area contributed by atoms with Gasteiger partial charge in [0.2, 0.25) is 0 Å². The molecular formula is C26H28O8Si. The zero-order valence-corrected chi connectivity index (χ0v) is 21.0. The van der Waals surface area contributed by atoms with E-state index in [1.54, 1.807) is 0 Å². The molecule has 0 aliphatic carbocycles. The molecule has 1 saturated heterocycles. The molecule has 0 saturated carbocycles. The second-order valence-electron chi connectivity index (χ2n) is 9.62. The fourth-order valence-electron chi connectivity index (χ4n) is 4.98. The number of methoxy groups -OCH3 is 1. The molecule has 1 fully saturated rings. The molecule has 184 valence electrons. The fourth-order valence-corrected chi connectivity index (χ4v) is 9.54. The SMILES string of the molecule is COC(=O)[C@]1(O)[C@@H](CO[Si](c2ccccc2)(c2ccccc2)C(C)(C)C)OC(=O)[C@]12C=CC(=O)O2. The van der Waals surface area contributed by atoms with Crippen molar-refractivity contribution in [1.82, 2.24) is 0 Å². The van der Waals surface area contributed by atoms with Crippen molar-refractivity contribution >= 4 is 36.6 Å². The quantitative estimate of drug-likeness (QED) is 0.362. The molecule has 2 heterocycles. The Kier molecular flexibility index (Phi) is 6.21. The van der Waals surface area contributed by atoms with Crippen LogP contribution < -0.4 is 10.4 Å². The molecule has 35 heavy (non-hydrogen) atoms. The smallest absolute Gasteiger partial charge is 0.359 e. The largest absolute Gasteiger partial charge is 0.467 e. The molecule has 4 rings (SSSR count). The molecule has 0 unspecified atom stereocenters. The number of carbonyl (C=O) groups excluding carboxylic acids is 3. The van der Waals surface area contributed by atoms with Crippen molar-refractivity contribution in [2.75, 3.05) is 13.7 Å². The monoisotopic (exact) mass is 496 g/mol. The van der Waals surface area contributed by atoms with Crippen LogP contribution in [0.4, 0.5) is 0 Å². The Balaban J connectivity index is 1.81. The van der Waals surface area contributed by atoms with Crippen LogP contribution >= 0.6 is 0 Å². The van der Waals surface area contributed by atoms with Crippen LogP contribution in [0, 0.1) is 0 Å². The summed E-state index contributed by atoms with van der Waals surface area (Å²) >= 11 is 0. The summed E-state index contributed by atoms with van der Waals surface area (Å²) in [6.45, 7) is 5.86. The van der Waals surface area contributed by atoms with E-state index in [9.17, 15) is 19.5 Å². The lowest BCUT2D eigenvalue weighted by atomic mass is 9.81. The van der Waals surface area contributed by atoms with E-state index in [1.807, 2.05) is 60.7 Å². The molecule has 0 aromatic heterocycles. The number of esters is 3. The highest BCUT2D eigenvalue weighted by Crippen LogP contribution is 2.45. The minimum Gasteiger partial charge on any atom is -0.467 e. The van der Waals surface area contributed by atoms with Crippen molar-refractivity contribution in [2.45, 2.75) is 43.1 Å². The molecule has 3 atom stereocenters. The van der Waals surface area contributed by atoms with Gasteiger partial charge in [-0.05, 0) is 21.5 Å². The summed E-state index contributed by atoms with van der Waals surface area (Å²) < 4.78 is 22.1. The first-order valence-electron chi connectivity index (χ1n) is 11.2. The summed E-state index contributed by atoms with van der Waals surface area (Å²) in [5.41, 5.74) is -4.97. The number of aliphatic hydroxyl groups is 1. The molecule has 2 aliphatic heterocycles. The number of ether oxygens (including phenoxy) is 3. The molecule has 2 aliphatic rings. The maximum Gasteiger partial charge on any atom is 0.359 e. The molecular weight excluding hydrogens is 468 g/mol. The van der Waals surface area contributed by atoms with Gasteiger partial charge in [0.1, 0.15) is 0 Å². The van der Waals surface area contributed by atoms with Gasteiger partial charge in [-0.2, -0.15) is 0 Å². The fraction of sp³-hybridized carbons (Fsp3) is 0.346. The number of hydrogen-bond acceptors (Lipinski definition) is 8. The maximum atomic E-state index is 12.9. The first-order valence-corrected chi connectivity index (χ1v) is 13.1. The van der Waals surface area contributed by atoms with E-state index in [1.165, 1.54) is 0 Å². The lowest BCUT2D eigenvalue weighted by molar-refractivity contribution is -0.194. The highest BCUT2D eigenvalue weighted by atomic mass is 28.4.